The van der Waals surface area contributed by atoms with Crippen LogP contribution in [0.1, 0.15) is 5.56 Å². The van der Waals surface area contributed by atoms with Gasteiger partial charge in [0.1, 0.15) is 5.82 Å². The highest BCUT2D eigenvalue weighted by atomic mass is 16.5. The Morgan fingerprint density at radius 3 is 3.18 bits per heavy atom. The number of nitrogens with zero attached hydrogens (tertiary/aromatic N) is 2. The minimum Gasteiger partial charge on any atom is -0.397 e. The molecule has 1 aromatic rings. The van der Waals surface area contributed by atoms with E-state index in [-0.39, 0.29) is 6.10 Å². The summed E-state index contributed by atoms with van der Waals surface area (Å²) in [5, 5.41) is 3.28. The summed E-state index contributed by atoms with van der Waals surface area (Å²) in [6, 6.07) is 1.96. The predicted molar refractivity (Wildman–Crippen MR) is 69.1 cm³/mol. The Hall–Kier alpha value is -1.33. The van der Waals surface area contributed by atoms with E-state index in [9.17, 15) is 0 Å². The van der Waals surface area contributed by atoms with Crippen molar-refractivity contribution in [3.8, 4) is 0 Å². The Bertz CT molecular complexity index is 383. The highest BCUT2D eigenvalue weighted by Gasteiger charge is 2.17. The van der Waals surface area contributed by atoms with Crippen molar-refractivity contribution in [1.82, 2.24) is 9.88 Å². The molecule has 0 aromatic carbocycles. The average molecular weight is 236 g/mol. The van der Waals surface area contributed by atoms with E-state index in [1.165, 1.54) is 0 Å². The van der Waals surface area contributed by atoms with Crippen molar-refractivity contribution in [2.75, 3.05) is 44.3 Å². The zero-order chi connectivity index (χ0) is 12.3. The first-order chi connectivity index (χ1) is 8.15. The molecule has 0 saturated carbocycles. The van der Waals surface area contributed by atoms with E-state index in [0.29, 0.717) is 0 Å². The molecule has 1 unspecified atom stereocenters. The third kappa shape index (κ3) is 3.31. The third-order valence-corrected chi connectivity index (χ3v) is 3.00. The number of nitrogens with one attached hydrogen (secondary N) is 1. The van der Waals surface area contributed by atoms with Gasteiger partial charge in [0.15, 0.2) is 0 Å². The lowest BCUT2D eigenvalue weighted by Gasteiger charge is -2.30. The summed E-state index contributed by atoms with van der Waals surface area (Å²) < 4.78 is 5.67. The van der Waals surface area contributed by atoms with Gasteiger partial charge in [0.05, 0.1) is 24.6 Å². The fraction of sp³-hybridized carbons (Fsp3) is 0.583. The number of likely N-dealkylation sites (N-methyl/N-ethyl adjacent to an activating group) is 1. The zero-order valence-electron chi connectivity index (χ0n) is 10.4. The number of hydrogen-bond donors (Lipinski definition) is 2. The number of nitrogens with two attached hydrogens (primary N) is 1. The zero-order valence-corrected chi connectivity index (χ0v) is 10.4. The number of morpholine rings is 1. The molecule has 1 atom stereocenters. The van der Waals surface area contributed by atoms with Gasteiger partial charge in [-0.15, -0.1) is 0 Å². The molecule has 94 valence electrons. The fourth-order valence-corrected chi connectivity index (χ4v) is 1.87. The smallest absolute Gasteiger partial charge is 0.126 e. The number of pyridine rings is 1. The van der Waals surface area contributed by atoms with Crippen LogP contribution in [0.2, 0.25) is 0 Å². The van der Waals surface area contributed by atoms with Gasteiger partial charge in [0.25, 0.3) is 0 Å². The molecule has 2 rings (SSSR count). The molecule has 5 heteroatoms. The number of nitrogen functional groups attached to an aromatic ring is 1. The number of hydrogen-bond acceptors (Lipinski definition) is 5. The summed E-state index contributed by atoms with van der Waals surface area (Å²) in [7, 11) is 2.11. The van der Waals surface area contributed by atoms with Crippen molar-refractivity contribution >= 4 is 11.5 Å². The lowest BCUT2D eigenvalue weighted by molar-refractivity contribution is -0.0117. The molecule has 1 saturated heterocycles. The number of aromatic nitrogens is 1. The minimum absolute atomic E-state index is 0.230. The van der Waals surface area contributed by atoms with Crippen molar-refractivity contribution in [1.29, 1.82) is 0 Å². The van der Waals surface area contributed by atoms with Gasteiger partial charge in [-0.2, -0.15) is 0 Å². The Labute approximate surface area is 102 Å². The lowest BCUT2D eigenvalue weighted by atomic mass is 10.2. The average Bonchev–Trinajstić information content (AvgIpc) is 2.31. The van der Waals surface area contributed by atoms with Gasteiger partial charge in [0.2, 0.25) is 0 Å². The van der Waals surface area contributed by atoms with E-state index in [4.69, 9.17) is 10.5 Å². The van der Waals surface area contributed by atoms with Crippen LogP contribution in [0.5, 0.6) is 0 Å². The van der Waals surface area contributed by atoms with Crippen molar-refractivity contribution < 1.29 is 4.74 Å². The molecule has 17 heavy (non-hydrogen) atoms. The monoisotopic (exact) mass is 236 g/mol. The second-order valence-electron chi connectivity index (χ2n) is 4.56. The maximum absolute atomic E-state index is 5.72. The topological polar surface area (TPSA) is 63.4 Å². The molecule has 5 nitrogen and oxygen atoms in total. The largest absolute Gasteiger partial charge is 0.397 e. The van der Waals surface area contributed by atoms with E-state index < -0.39 is 0 Å². The normalized spacial score (nSPS) is 21.4. The maximum Gasteiger partial charge on any atom is 0.126 e. The summed E-state index contributed by atoms with van der Waals surface area (Å²) in [5.74, 6) is 0.855. The van der Waals surface area contributed by atoms with Crippen LogP contribution in [0.15, 0.2) is 12.3 Å². The first kappa shape index (κ1) is 12.1. The molecule has 0 aliphatic carbocycles. The fourth-order valence-electron chi connectivity index (χ4n) is 1.87. The Morgan fingerprint density at radius 2 is 2.47 bits per heavy atom. The first-order valence-corrected chi connectivity index (χ1v) is 5.91. The molecule has 1 aromatic heterocycles. The van der Waals surface area contributed by atoms with E-state index in [1.807, 2.05) is 13.0 Å². The van der Waals surface area contributed by atoms with Crippen LogP contribution in [0.25, 0.3) is 0 Å². The number of anilines is 2. The standard InChI is InChI=1S/C12H20N4O/c1-9-5-12(15-7-11(9)13)14-6-10-8-16(2)3-4-17-10/h5,7,10H,3-4,6,8,13H2,1-2H3,(H,14,15). The van der Waals surface area contributed by atoms with E-state index in [0.717, 1.165) is 43.3 Å². The quantitative estimate of drug-likeness (QED) is 0.809. The van der Waals surface area contributed by atoms with Crippen molar-refractivity contribution in [2.45, 2.75) is 13.0 Å². The van der Waals surface area contributed by atoms with Crippen LogP contribution < -0.4 is 11.1 Å². The van der Waals surface area contributed by atoms with E-state index in [2.05, 4.69) is 22.2 Å². The van der Waals surface area contributed by atoms with E-state index in [1.54, 1.807) is 6.20 Å². The second kappa shape index (κ2) is 5.33. The summed E-state index contributed by atoms with van der Waals surface area (Å²) in [5.41, 5.74) is 7.50. The molecule has 1 fully saturated rings. The Morgan fingerprint density at radius 1 is 1.65 bits per heavy atom. The third-order valence-electron chi connectivity index (χ3n) is 3.00. The highest BCUT2D eigenvalue weighted by Crippen LogP contribution is 2.13. The number of rotatable bonds is 3. The molecule has 0 amide bonds. The van der Waals surface area contributed by atoms with Gasteiger partial charge in [-0.1, -0.05) is 0 Å². The van der Waals surface area contributed by atoms with Gasteiger partial charge in [-0.3, -0.25) is 0 Å². The van der Waals surface area contributed by atoms with Crippen LogP contribution in [0, 0.1) is 6.92 Å². The Kier molecular flexibility index (Phi) is 3.81. The minimum atomic E-state index is 0.230. The SMILES string of the molecule is Cc1cc(NCC2CN(C)CCO2)ncc1N. The second-order valence-corrected chi connectivity index (χ2v) is 4.56. The van der Waals surface area contributed by atoms with Gasteiger partial charge >= 0.3 is 0 Å². The number of ether oxygens (including phenoxy) is 1. The molecule has 0 radical (unpaired) electrons. The van der Waals surface area contributed by atoms with Gasteiger partial charge in [-0.25, -0.2) is 4.98 Å². The molecule has 3 N–H and O–H groups in total. The molecule has 0 spiro atoms. The van der Waals surface area contributed by atoms with Crippen molar-refractivity contribution in [3.63, 3.8) is 0 Å². The van der Waals surface area contributed by atoms with Crippen molar-refractivity contribution in [3.05, 3.63) is 17.8 Å². The highest BCUT2D eigenvalue weighted by molar-refractivity contribution is 5.50. The summed E-state index contributed by atoms with van der Waals surface area (Å²) in [6.45, 7) is 5.53. The predicted octanol–water partition coefficient (Wildman–Crippen LogP) is 0.715. The molecule has 2 heterocycles. The summed E-state index contributed by atoms with van der Waals surface area (Å²) in [4.78, 5) is 6.51. The maximum atomic E-state index is 5.72. The van der Waals surface area contributed by atoms with Crippen molar-refractivity contribution in [2.24, 2.45) is 0 Å². The van der Waals surface area contributed by atoms with Gasteiger partial charge in [-0.05, 0) is 25.6 Å². The summed E-state index contributed by atoms with van der Waals surface area (Å²) in [6.07, 6.45) is 1.92. The number of aryl methyl sites for hydroxylation is 1. The molecular weight excluding hydrogens is 216 g/mol. The van der Waals surface area contributed by atoms with Crippen LogP contribution in [0.4, 0.5) is 11.5 Å². The first-order valence-electron chi connectivity index (χ1n) is 5.91. The van der Waals surface area contributed by atoms with Crippen LogP contribution in [0.3, 0.4) is 0 Å². The van der Waals surface area contributed by atoms with Gasteiger partial charge in [0, 0.05) is 19.6 Å². The molecule has 0 bridgehead atoms. The Balaban J connectivity index is 1.86. The van der Waals surface area contributed by atoms with E-state index >= 15 is 0 Å². The molecule has 1 aliphatic heterocycles. The lowest BCUT2D eigenvalue weighted by Crippen LogP contribution is -2.43. The van der Waals surface area contributed by atoms with Crippen LogP contribution in [-0.2, 0) is 4.74 Å². The van der Waals surface area contributed by atoms with Crippen LogP contribution in [-0.4, -0.2) is 49.3 Å². The molecular formula is C12H20N4O. The summed E-state index contributed by atoms with van der Waals surface area (Å²) >= 11 is 0. The molecule has 1 aliphatic rings. The van der Waals surface area contributed by atoms with Gasteiger partial charge < -0.3 is 20.7 Å². The van der Waals surface area contributed by atoms with Crippen LogP contribution >= 0.6 is 0 Å².